The molecule has 1 aliphatic heterocycles. The molecule has 0 atom stereocenters. The van der Waals surface area contributed by atoms with Crippen LogP contribution in [0.2, 0.25) is 0 Å². The Morgan fingerprint density at radius 2 is 1.94 bits per heavy atom. The maximum absolute atomic E-state index is 11.7. The maximum atomic E-state index is 11.7. The lowest BCUT2D eigenvalue weighted by molar-refractivity contribution is -0.147. The summed E-state index contributed by atoms with van der Waals surface area (Å²) in [6.45, 7) is 5.55. The molecule has 18 heavy (non-hydrogen) atoms. The number of amides is 2. The SMILES string of the molecule is CCc1cc(CN2C(=O)CNCC2=O)n(CC)n1. The molecule has 6 nitrogen and oxygen atoms in total. The van der Waals surface area contributed by atoms with E-state index in [1.165, 1.54) is 4.90 Å². The van der Waals surface area contributed by atoms with Gasteiger partial charge in [-0.3, -0.25) is 24.5 Å². The average molecular weight is 250 g/mol. The van der Waals surface area contributed by atoms with Crippen LogP contribution in [0.15, 0.2) is 6.07 Å². The van der Waals surface area contributed by atoms with E-state index in [1.807, 2.05) is 24.6 Å². The lowest BCUT2D eigenvalue weighted by Gasteiger charge is -2.25. The zero-order valence-corrected chi connectivity index (χ0v) is 10.8. The highest BCUT2D eigenvalue weighted by Crippen LogP contribution is 2.10. The van der Waals surface area contributed by atoms with E-state index in [0.29, 0.717) is 6.54 Å². The van der Waals surface area contributed by atoms with Gasteiger partial charge in [-0.05, 0) is 19.4 Å². The summed E-state index contributed by atoms with van der Waals surface area (Å²) in [6.07, 6.45) is 0.851. The number of carbonyl (C=O) groups excluding carboxylic acids is 2. The molecule has 98 valence electrons. The van der Waals surface area contributed by atoms with Gasteiger partial charge in [-0.2, -0.15) is 5.10 Å². The second-order valence-electron chi connectivity index (χ2n) is 4.27. The van der Waals surface area contributed by atoms with Gasteiger partial charge in [-0.25, -0.2) is 0 Å². The first kappa shape index (κ1) is 12.8. The van der Waals surface area contributed by atoms with Crippen LogP contribution in [-0.2, 0) is 29.1 Å². The minimum Gasteiger partial charge on any atom is -0.300 e. The van der Waals surface area contributed by atoms with E-state index in [-0.39, 0.29) is 24.9 Å². The van der Waals surface area contributed by atoms with Gasteiger partial charge < -0.3 is 0 Å². The molecule has 0 aromatic carbocycles. The minimum atomic E-state index is -0.173. The Bertz CT molecular complexity index is 451. The fourth-order valence-corrected chi connectivity index (χ4v) is 2.03. The van der Waals surface area contributed by atoms with E-state index in [2.05, 4.69) is 10.4 Å². The molecular weight excluding hydrogens is 232 g/mol. The zero-order valence-electron chi connectivity index (χ0n) is 10.8. The Labute approximate surface area is 106 Å². The summed E-state index contributed by atoms with van der Waals surface area (Å²) in [7, 11) is 0. The quantitative estimate of drug-likeness (QED) is 0.759. The number of nitrogens with zero attached hydrogens (tertiary/aromatic N) is 3. The van der Waals surface area contributed by atoms with Crippen molar-refractivity contribution in [3.05, 3.63) is 17.5 Å². The second kappa shape index (κ2) is 5.30. The summed E-state index contributed by atoms with van der Waals surface area (Å²) in [5.74, 6) is -0.346. The summed E-state index contributed by atoms with van der Waals surface area (Å²) in [5, 5.41) is 7.20. The van der Waals surface area contributed by atoms with Gasteiger partial charge in [0.25, 0.3) is 0 Å². The van der Waals surface area contributed by atoms with Gasteiger partial charge in [0, 0.05) is 6.54 Å². The predicted octanol–water partition coefficient (Wildman–Crippen LogP) is -0.0762. The number of piperazine rings is 1. The molecule has 1 N–H and O–H groups in total. The van der Waals surface area contributed by atoms with Gasteiger partial charge in [0.05, 0.1) is 31.0 Å². The van der Waals surface area contributed by atoms with E-state index in [0.717, 1.165) is 24.4 Å². The van der Waals surface area contributed by atoms with Crippen molar-refractivity contribution in [2.45, 2.75) is 33.4 Å². The Hall–Kier alpha value is -1.69. The number of imide groups is 1. The summed E-state index contributed by atoms with van der Waals surface area (Å²) in [4.78, 5) is 24.7. The highest BCUT2D eigenvalue weighted by Gasteiger charge is 2.26. The number of aromatic nitrogens is 2. The van der Waals surface area contributed by atoms with Gasteiger partial charge in [0.15, 0.2) is 0 Å². The molecule has 0 bridgehead atoms. The van der Waals surface area contributed by atoms with Crippen LogP contribution in [0.25, 0.3) is 0 Å². The van der Waals surface area contributed by atoms with Crippen molar-refractivity contribution in [1.29, 1.82) is 0 Å². The first-order chi connectivity index (χ1) is 8.65. The fraction of sp³-hybridized carbons (Fsp3) is 0.583. The van der Waals surface area contributed by atoms with Gasteiger partial charge >= 0.3 is 0 Å². The fourth-order valence-electron chi connectivity index (χ4n) is 2.03. The molecule has 1 aromatic heterocycles. The Morgan fingerprint density at radius 3 is 2.50 bits per heavy atom. The largest absolute Gasteiger partial charge is 0.300 e. The molecule has 1 aromatic rings. The number of hydrogen-bond acceptors (Lipinski definition) is 4. The smallest absolute Gasteiger partial charge is 0.243 e. The molecule has 0 spiro atoms. The molecule has 0 aliphatic carbocycles. The molecule has 2 rings (SSSR count). The van der Waals surface area contributed by atoms with Crippen molar-refractivity contribution in [2.75, 3.05) is 13.1 Å². The number of nitrogens with one attached hydrogen (secondary N) is 1. The predicted molar refractivity (Wildman–Crippen MR) is 65.7 cm³/mol. The number of hydrogen-bond donors (Lipinski definition) is 1. The van der Waals surface area contributed by atoms with Crippen molar-refractivity contribution in [2.24, 2.45) is 0 Å². The van der Waals surface area contributed by atoms with Crippen molar-refractivity contribution in [3.63, 3.8) is 0 Å². The molecule has 0 unspecified atom stereocenters. The second-order valence-corrected chi connectivity index (χ2v) is 4.27. The van der Waals surface area contributed by atoms with Gasteiger partial charge in [-0.15, -0.1) is 0 Å². The lowest BCUT2D eigenvalue weighted by atomic mass is 10.2. The average Bonchev–Trinajstić information content (AvgIpc) is 2.76. The third-order valence-corrected chi connectivity index (χ3v) is 3.05. The summed E-state index contributed by atoms with van der Waals surface area (Å²) in [5.41, 5.74) is 1.90. The Balaban J connectivity index is 2.19. The Morgan fingerprint density at radius 1 is 1.28 bits per heavy atom. The summed E-state index contributed by atoms with van der Waals surface area (Å²) >= 11 is 0. The first-order valence-corrected chi connectivity index (χ1v) is 6.25. The molecule has 2 heterocycles. The van der Waals surface area contributed by atoms with Crippen LogP contribution in [0, 0.1) is 0 Å². The van der Waals surface area contributed by atoms with E-state index in [4.69, 9.17) is 0 Å². The summed E-state index contributed by atoms with van der Waals surface area (Å²) < 4.78 is 1.85. The molecule has 2 amide bonds. The molecule has 0 saturated carbocycles. The van der Waals surface area contributed by atoms with Crippen molar-refractivity contribution in [1.82, 2.24) is 20.0 Å². The van der Waals surface area contributed by atoms with Crippen molar-refractivity contribution >= 4 is 11.8 Å². The van der Waals surface area contributed by atoms with Crippen LogP contribution in [-0.4, -0.2) is 39.6 Å². The Kier molecular flexibility index (Phi) is 3.76. The standard InChI is InChI=1S/C12H18N4O2/c1-3-9-5-10(16(4-2)14-9)8-15-11(17)6-13-7-12(15)18/h5,13H,3-4,6-8H2,1-2H3. The highest BCUT2D eigenvalue weighted by atomic mass is 16.2. The van der Waals surface area contributed by atoms with E-state index >= 15 is 0 Å². The minimum absolute atomic E-state index is 0.173. The lowest BCUT2D eigenvalue weighted by Crippen LogP contribution is -2.51. The molecule has 6 heteroatoms. The van der Waals surface area contributed by atoms with E-state index in [1.54, 1.807) is 0 Å². The number of aryl methyl sites for hydroxylation is 2. The molecule has 1 fully saturated rings. The third-order valence-electron chi connectivity index (χ3n) is 3.05. The van der Waals surface area contributed by atoms with E-state index in [9.17, 15) is 9.59 Å². The van der Waals surface area contributed by atoms with Crippen LogP contribution >= 0.6 is 0 Å². The molecule has 0 radical (unpaired) electrons. The van der Waals surface area contributed by atoms with E-state index < -0.39 is 0 Å². The van der Waals surface area contributed by atoms with Gasteiger partial charge in [0.2, 0.25) is 11.8 Å². The number of rotatable bonds is 4. The van der Waals surface area contributed by atoms with Gasteiger partial charge in [-0.1, -0.05) is 6.92 Å². The summed E-state index contributed by atoms with van der Waals surface area (Å²) in [6, 6.07) is 1.96. The van der Waals surface area contributed by atoms with Crippen LogP contribution < -0.4 is 5.32 Å². The van der Waals surface area contributed by atoms with Crippen LogP contribution in [0.4, 0.5) is 0 Å². The van der Waals surface area contributed by atoms with Crippen molar-refractivity contribution < 1.29 is 9.59 Å². The molecular formula is C12H18N4O2. The third kappa shape index (κ3) is 2.43. The molecule has 1 saturated heterocycles. The van der Waals surface area contributed by atoms with Crippen LogP contribution in [0.1, 0.15) is 25.2 Å². The van der Waals surface area contributed by atoms with Gasteiger partial charge in [0.1, 0.15) is 0 Å². The normalized spacial score (nSPS) is 16.4. The monoisotopic (exact) mass is 250 g/mol. The first-order valence-electron chi connectivity index (χ1n) is 6.25. The zero-order chi connectivity index (χ0) is 13.1. The topological polar surface area (TPSA) is 67.2 Å². The van der Waals surface area contributed by atoms with Crippen molar-refractivity contribution in [3.8, 4) is 0 Å². The maximum Gasteiger partial charge on any atom is 0.243 e. The molecule has 1 aliphatic rings. The van der Waals surface area contributed by atoms with Crippen LogP contribution in [0.5, 0.6) is 0 Å². The van der Waals surface area contributed by atoms with Crippen LogP contribution in [0.3, 0.4) is 0 Å². The number of carbonyl (C=O) groups is 2. The highest BCUT2D eigenvalue weighted by molar-refractivity contribution is 5.99.